The monoisotopic (exact) mass is 276 g/mol. The lowest BCUT2D eigenvalue weighted by Gasteiger charge is -2.30. The van der Waals surface area contributed by atoms with E-state index in [2.05, 4.69) is 48.3 Å². The summed E-state index contributed by atoms with van der Waals surface area (Å²) < 4.78 is 5.24. The van der Waals surface area contributed by atoms with Crippen molar-refractivity contribution in [1.82, 2.24) is 10.2 Å². The van der Waals surface area contributed by atoms with Crippen LogP contribution in [0.5, 0.6) is 5.75 Å². The Kier molecular flexibility index (Phi) is 5.86. The summed E-state index contributed by atoms with van der Waals surface area (Å²) >= 11 is 0. The van der Waals surface area contributed by atoms with Gasteiger partial charge in [0.25, 0.3) is 0 Å². The second kappa shape index (κ2) is 7.65. The van der Waals surface area contributed by atoms with Crippen molar-refractivity contribution in [3.8, 4) is 5.75 Å². The summed E-state index contributed by atoms with van der Waals surface area (Å²) in [6.45, 7) is 8.07. The van der Waals surface area contributed by atoms with Gasteiger partial charge in [0.1, 0.15) is 5.75 Å². The molecule has 3 heteroatoms. The minimum Gasteiger partial charge on any atom is -0.497 e. The number of rotatable bonds is 5. The maximum absolute atomic E-state index is 5.24. The molecule has 1 aromatic carbocycles. The zero-order valence-corrected chi connectivity index (χ0v) is 13.1. The molecule has 1 N–H and O–H groups in total. The summed E-state index contributed by atoms with van der Waals surface area (Å²) in [5.74, 6) is 0.933. The molecule has 0 amide bonds. The molecule has 2 unspecified atom stereocenters. The van der Waals surface area contributed by atoms with Crippen LogP contribution in [0.3, 0.4) is 0 Å². The van der Waals surface area contributed by atoms with E-state index in [-0.39, 0.29) is 0 Å². The van der Waals surface area contributed by atoms with Gasteiger partial charge in [-0.3, -0.25) is 4.90 Å². The van der Waals surface area contributed by atoms with Crippen LogP contribution in [0, 0.1) is 0 Å². The van der Waals surface area contributed by atoms with Gasteiger partial charge in [0.05, 0.1) is 7.11 Å². The van der Waals surface area contributed by atoms with Gasteiger partial charge in [-0.15, -0.1) is 0 Å². The van der Waals surface area contributed by atoms with Crippen LogP contribution in [0.1, 0.15) is 44.7 Å². The first kappa shape index (κ1) is 15.3. The maximum atomic E-state index is 5.24. The standard InChI is InChI=1S/C17H28N2O/c1-4-6-16-13-19(12-5-11-18-16)14(2)15-7-9-17(20-3)10-8-15/h7-10,14,16,18H,4-6,11-13H2,1-3H3. The fourth-order valence-electron chi connectivity index (χ4n) is 3.01. The third kappa shape index (κ3) is 3.97. The van der Waals surface area contributed by atoms with Crippen LogP contribution in [0.2, 0.25) is 0 Å². The van der Waals surface area contributed by atoms with Gasteiger partial charge in [-0.2, -0.15) is 0 Å². The fraction of sp³-hybridized carbons (Fsp3) is 0.647. The summed E-state index contributed by atoms with van der Waals surface area (Å²) in [4.78, 5) is 2.61. The Balaban J connectivity index is 2.03. The molecule has 1 aliphatic heterocycles. The number of methoxy groups -OCH3 is 1. The smallest absolute Gasteiger partial charge is 0.118 e. The second-order valence-corrected chi connectivity index (χ2v) is 5.74. The lowest BCUT2D eigenvalue weighted by molar-refractivity contribution is 0.203. The van der Waals surface area contributed by atoms with E-state index >= 15 is 0 Å². The molecule has 20 heavy (non-hydrogen) atoms. The second-order valence-electron chi connectivity index (χ2n) is 5.74. The Morgan fingerprint density at radius 1 is 1.35 bits per heavy atom. The molecule has 112 valence electrons. The van der Waals surface area contributed by atoms with Gasteiger partial charge >= 0.3 is 0 Å². The van der Waals surface area contributed by atoms with E-state index < -0.39 is 0 Å². The van der Waals surface area contributed by atoms with Crippen molar-refractivity contribution in [3.05, 3.63) is 29.8 Å². The fourth-order valence-corrected chi connectivity index (χ4v) is 3.01. The van der Waals surface area contributed by atoms with E-state index in [1.54, 1.807) is 7.11 Å². The molecular weight excluding hydrogens is 248 g/mol. The van der Waals surface area contributed by atoms with Crippen LogP contribution < -0.4 is 10.1 Å². The lowest BCUT2D eigenvalue weighted by Crippen LogP contribution is -2.38. The quantitative estimate of drug-likeness (QED) is 0.893. The van der Waals surface area contributed by atoms with Crippen LogP contribution in [-0.2, 0) is 0 Å². The van der Waals surface area contributed by atoms with Gasteiger partial charge in [-0.05, 0) is 44.0 Å². The van der Waals surface area contributed by atoms with E-state index in [1.807, 2.05) is 0 Å². The molecule has 1 saturated heterocycles. The molecule has 1 heterocycles. The van der Waals surface area contributed by atoms with Crippen LogP contribution >= 0.6 is 0 Å². The Morgan fingerprint density at radius 2 is 2.10 bits per heavy atom. The average Bonchev–Trinajstić information content (AvgIpc) is 2.73. The molecule has 0 radical (unpaired) electrons. The number of hydrogen-bond acceptors (Lipinski definition) is 3. The highest BCUT2D eigenvalue weighted by Crippen LogP contribution is 2.24. The van der Waals surface area contributed by atoms with Crippen molar-refractivity contribution in [1.29, 1.82) is 0 Å². The normalized spacial score (nSPS) is 22.2. The van der Waals surface area contributed by atoms with Crippen molar-refractivity contribution < 1.29 is 4.74 Å². The highest BCUT2D eigenvalue weighted by atomic mass is 16.5. The molecule has 3 nitrogen and oxygen atoms in total. The summed E-state index contributed by atoms with van der Waals surface area (Å²) in [6.07, 6.45) is 3.76. The first-order chi connectivity index (χ1) is 9.74. The maximum Gasteiger partial charge on any atom is 0.118 e. The summed E-state index contributed by atoms with van der Waals surface area (Å²) in [5.41, 5.74) is 1.38. The zero-order valence-electron chi connectivity index (χ0n) is 13.1. The minimum absolute atomic E-state index is 0.472. The average molecular weight is 276 g/mol. The first-order valence-corrected chi connectivity index (χ1v) is 7.86. The Hall–Kier alpha value is -1.06. The van der Waals surface area contributed by atoms with Gasteiger partial charge in [-0.1, -0.05) is 25.5 Å². The van der Waals surface area contributed by atoms with Crippen molar-refractivity contribution in [2.75, 3.05) is 26.7 Å². The third-order valence-electron chi connectivity index (χ3n) is 4.29. The molecule has 1 aliphatic rings. The third-order valence-corrected chi connectivity index (χ3v) is 4.29. The highest BCUT2D eigenvalue weighted by Gasteiger charge is 2.21. The molecule has 2 rings (SSSR count). The van der Waals surface area contributed by atoms with Crippen molar-refractivity contribution in [2.24, 2.45) is 0 Å². The lowest BCUT2D eigenvalue weighted by atomic mass is 10.1. The number of ether oxygens (including phenoxy) is 1. The Bertz CT molecular complexity index is 390. The van der Waals surface area contributed by atoms with E-state index in [9.17, 15) is 0 Å². The Morgan fingerprint density at radius 3 is 2.75 bits per heavy atom. The molecule has 0 saturated carbocycles. The SMILES string of the molecule is CCCC1CN(C(C)c2ccc(OC)cc2)CCCN1. The zero-order chi connectivity index (χ0) is 14.4. The Labute approximate surface area is 123 Å². The van der Waals surface area contributed by atoms with E-state index in [0.29, 0.717) is 12.1 Å². The van der Waals surface area contributed by atoms with Crippen LogP contribution in [0.4, 0.5) is 0 Å². The van der Waals surface area contributed by atoms with Gasteiger partial charge in [0.15, 0.2) is 0 Å². The number of hydrogen-bond donors (Lipinski definition) is 1. The van der Waals surface area contributed by atoms with Gasteiger partial charge in [0.2, 0.25) is 0 Å². The van der Waals surface area contributed by atoms with Gasteiger partial charge in [-0.25, -0.2) is 0 Å². The molecule has 2 atom stereocenters. The predicted molar refractivity (Wildman–Crippen MR) is 84.3 cm³/mol. The highest BCUT2D eigenvalue weighted by molar-refractivity contribution is 5.28. The van der Waals surface area contributed by atoms with Crippen LogP contribution in [0.25, 0.3) is 0 Å². The largest absolute Gasteiger partial charge is 0.497 e. The number of benzene rings is 1. The molecular formula is C17H28N2O. The number of nitrogens with one attached hydrogen (secondary N) is 1. The molecule has 1 aromatic rings. The topological polar surface area (TPSA) is 24.5 Å². The van der Waals surface area contributed by atoms with E-state index in [1.165, 1.54) is 31.4 Å². The molecule has 0 aromatic heterocycles. The molecule has 0 spiro atoms. The van der Waals surface area contributed by atoms with Crippen molar-refractivity contribution in [3.63, 3.8) is 0 Å². The van der Waals surface area contributed by atoms with Gasteiger partial charge in [0, 0.05) is 25.2 Å². The van der Waals surface area contributed by atoms with E-state index in [4.69, 9.17) is 4.74 Å². The first-order valence-electron chi connectivity index (χ1n) is 7.86. The van der Waals surface area contributed by atoms with Crippen molar-refractivity contribution >= 4 is 0 Å². The number of nitrogens with zero attached hydrogens (tertiary/aromatic N) is 1. The predicted octanol–water partition coefficient (Wildman–Crippen LogP) is 3.22. The minimum atomic E-state index is 0.472. The molecule has 0 aliphatic carbocycles. The summed E-state index contributed by atoms with van der Waals surface area (Å²) in [5, 5.41) is 3.68. The van der Waals surface area contributed by atoms with Crippen LogP contribution in [0.15, 0.2) is 24.3 Å². The summed E-state index contributed by atoms with van der Waals surface area (Å²) in [7, 11) is 1.72. The van der Waals surface area contributed by atoms with Crippen molar-refractivity contribution in [2.45, 2.75) is 45.2 Å². The van der Waals surface area contributed by atoms with Gasteiger partial charge < -0.3 is 10.1 Å². The summed E-state index contributed by atoms with van der Waals surface area (Å²) in [6, 6.07) is 9.62. The van der Waals surface area contributed by atoms with E-state index in [0.717, 1.165) is 18.8 Å². The molecule has 0 bridgehead atoms. The van der Waals surface area contributed by atoms with Crippen LogP contribution in [-0.4, -0.2) is 37.7 Å². The molecule has 1 fully saturated rings.